The summed E-state index contributed by atoms with van der Waals surface area (Å²) in [7, 11) is 0. The molecular weight excluding hydrogens is 285 g/mol. The second kappa shape index (κ2) is 176. The summed E-state index contributed by atoms with van der Waals surface area (Å²) < 4.78 is 0. The molecule has 0 radical (unpaired) electrons. The molecule has 0 aliphatic heterocycles. The number of hydrogen-bond acceptors (Lipinski definition) is 12. The van der Waals surface area contributed by atoms with Gasteiger partial charge in [-0.3, -0.25) is 0 Å². The number of nitrogens with zero attached hydrogens (tertiary/aromatic N) is 4. The topological polar surface area (TPSA) is 210 Å². The third kappa shape index (κ3) is 219. The Bertz CT molecular complexity index is 70.1. The van der Waals surface area contributed by atoms with E-state index >= 15 is 0 Å². The van der Waals surface area contributed by atoms with Crippen LogP contribution in [0.15, 0.2) is 21.4 Å². The minimum Gasteiger partial charge on any atom is -0.444 e. The number of hydrogen-bond donors (Lipinski definition) is 0. The third-order valence-corrected chi connectivity index (χ3v) is 0. The molecule has 13 heteroatoms. The first-order valence-electron chi connectivity index (χ1n) is 1.46. The Balaban J connectivity index is -0.0000000213. The van der Waals surface area contributed by atoms with E-state index in [2.05, 4.69) is 0 Å². The van der Waals surface area contributed by atoms with Crippen molar-refractivity contribution in [2.45, 2.75) is 0 Å². The van der Waals surface area contributed by atoms with Gasteiger partial charge in [0.1, 0.15) is 0 Å². The zero-order valence-corrected chi connectivity index (χ0v) is 7.15. The van der Waals surface area contributed by atoms with Gasteiger partial charge in [-0.2, -0.15) is 0 Å². The van der Waals surface area contributed by atoms with Crippen molar-refractivity contribution in [3.05, 3.63) is 40.5 Å². The molecule has 0 fully saturated rings. The van der Waals surface area contributed by atoms with Crippen LogP contribution in [0.1, 0.15) is 0 Å². The normalized spacial score (nSPS) is 3.69. The van der Waals surface area contributed by atoms with Crippen LogP contribution in [0.25, 0.3) is 0 Å². The summed E-state index contributed by atoms with van der Waals surface area (Å²) in [5, 5.41) is 36.0. The van der Waals surface area contributed by atoms with Gasteiger partial charge in [0.25, 0.3) is 0 Å². The molecule has 0 aromatic heterocycles. The molecule has 0 unspecified atom stereocenters. The first kappa shape index (κ1) is 30.3. The minimum absolute atomic E-state index is 0. The Morgan fingerprint density at radius 3 is 0.538 bits per heavy atom. The zero-order valence-electron chi connectivity index (χ0n) is 5.41. The molecule has 80 valence electrons. The molecule has 0 rings (SSSR count). The van der Waals surface area contributed by atoms with E-state index in [1.807, 2.05) is 0 Å². The van der Waals surface area contributed by atoms with Crippen LogP contribution in [-0.4, -0.2) is 0 Å². The second-order valence-corrected chi connectivity index (χ2v) is 0.298. The van der Waals surface area contributed by atoms with Gasteiger partial charge in [-0.05, 0) is 0 Å². The van der Waals surface area contributed by atoms with Crippen molar-refractivity contribution in [3.8, 4) is 0 Å². The van der Waals surface area contributed by atoms with Crippen LogP contribution in [-0.2, 0) is 19.5 Å². The molecule has 0 aromatic carbocycles. The Hall–Kier alpha value is -1.78. The van der Waals surface area contributed by atoms with E-state index in [0.717, 1.165) is 21.4 Å². The molecule has 0 saturated carbocycles. The Morgan fingerprint density at radius 2 is 0.538 bits per heavy atom. The SMILES string of the molecule is O=N[O-].O=N[O-].O=N[O-].O=N[O-].[Ru]. The maximum Gasteiger partial charge on any atom is 0 e. The fraction of sp³-hybridized carbons (Fsp3) is 0. The zero-order chi connectivity index (χ0) is 10.8. The fourth-order valence-electron chi connectivity index (χ4n) is 0. The van der Waals surface area contributed by atoms with Crippen molar-refractivity contribution in [1.82, 2.24) is 0 Å². The van der Waals surface area contributed by atoms with E-state index < -0.39 is 0 Å². The summed E-state index contributed by atoms with van der Waals surface area (Å²) in [6, 6.07) is 0. The molecule has 0 aliphatic rings. The van der Waals surface area contributed by atoms with Crippen molar-refractivity contribution < 1.29 is 19.5 Å². The second-order valence-electron chi connectivity index (χ2n) is 0.298. The molecule has 12 nitrogen and oxygen atoms in total. The van der Waals surface area contributed by atoms with E-state index in [1.54, 1.807) is 0 Å². The van der Waals surface area contributed by atoms with Crippen LogP contribution in [0.2, 0.25) is 0 Å². The van der Waals surface area contributed by atoms with Crippen LogP contribution >= 0.6 is 0 Å². The van der Waals surface area contributed by atoms with Gasteiger partial charge in [-0.15, -0.1) is 21.4 Å². The van der Waals surface area contributed by atoms with E-state index in [9.17, 15) is 0 Å². The summed E-state index contributed by atoms with van der Waals surface area (Å²) in [5.74, 6) is 0. The molecule has 0 bridgehead atoms. The third-order valence-electron chi connectivity index (χ3n) is 0. The van der Waals surface area contributed by atoms with Gasteiger partial charge in [-0.25, -0.2) is 0 Å². The molecule has 0 aliphatic carbocycles. The predicted molar refractivity (Wildman–Crippen MR) is 36.6 cm³/mol. The monoisotopic (exact) mass is 286 g/mol. The molecule has 0 heterocycles. The van der Waals surface area contributed by atoms with E-state index in [0.29, 0.717) is 0 Å². The molecule has 0 aromatic rings. The van der Waals surface area contributed by atoms with Gasteiger partial charge < -0.3 is 40.5 Å². The van der Waals surface area contributed by atoms with E-state index in [4.69, 9.17) is 40.5 Å². The van der Waals surface area contributed by atoms with Crippen LogP contribution in [0.3, 0.4) is 0 Å². The molecule has 0 atom stereocenters. The van der Waals surface area contributed by atoms with Crippen molar-refractivity contribution in [2.75, 3.05) is 0 Å². The maximum atomic E-state index is 8.00. The largest absolute Gasteiger partial charge is 0.444 e. The van der Waals surface area contributed by atoms with Crippen LogP contribution in [0, 0.1) is 40.5 Å². The van der Waals surface area contributed by atoms with Crippen LogP contribution < -0.4 is 0 Å². The van der Waals surface area contributed by atoms with Gasteiger partial charge in [-0.1, -0.05) is 0 Å². The molecule has 13 heavy (non-hydrogen) atoms. The van der Waals surface area contributed by atoms with Gasteiger partial charge in [0, 0.05) is 19.5 Å². The molecule has 0 saturated heterocycles. The predicted octanol–water partition coefficient (Wildman–Crippen LogP) is 1.000. The van der Waals surface area contributed by atoms with Gasteiger partial charge in [0.15, 0.2) is 0 Å². The van der Waals surface area contributed by atoms with E-state index in [1.165, 1.54) is 0 Å². The summed E-state index contributed by atoms with van der Waals surface area (Å²) in [5.41, 5.74) is 0. The molecule has 0 amide bonds. The number of rotatable bonds is 0. The first-order valence-corrected chi connectivity index (χ1v) is 1.46. The van der Waals surface area contributed by atoms with Gasteiger partial charge in [0.2, 0.25) is 0 Å². The Kier molecular flexibility index (Phi) is 410. The first-order chi connectivity index (χ1) is 5.66. The van der Waals surface area contributed by atoms with Crippen molar-refractivity contribution in [3.63, 3.8) is 0 Å². The van der Waals surface area contributed by atoms with Crippen molar-refractivity contribution in [2.24, 2.45) is 21.4 Å². The quantitative estimate of drug-likeness (QED) is 0.354. The van der Waals surface area contributed by atoms with Gasteiger partial charge in [0.05, 0.1) is 0 Å². The maximum absolute atomic E-state index is 8.00. The Labute approximate surface area is 82.0 Å². The Morgan fingerprint density at radius 1 is 0.538 bits per heavy atom. The molecular formula is N4O8Ru-4. The molecule has 0 spiro atoms. The van der Waals surface area contributed by atoms with Crippen molar-refractivity contribution >= 4 is 0 Å². The minimum atomic E-state index is 0. The summed E-state index contributed by atoms with van der Waals surface area (Å²) in [6.07, 6.45) is 0. The summed E-state index contributed by atoms with van der Waals surface area (Å²) in [4.78, 5) is 32.0. The van der Waals surface area contributed by atoms with Crippen molar-refractivity contribution in [1.29, 1.82) is 0 Å². The van der Waals surface area contributed by atoms with E-state index in [-0.39, 0.29) is 19.5 Å². The van der Waals surface area contributed by atoms with Gasteiger partial charge >= 0.3 is 0 Å². The van der Waals surface area contributed by atoms with Crippen LogP contribution in [0.4, 0.5) is 0 Å². The molecule has 0 N–H and O–H groups in total. The standard InChI is InChI=1S/4HNO2.Ru/c4*2-1-3;/h4*(H,2,3);/p-4. The summed E-state index contributed by atoms with van der Waals surface area (Å²) >= 11 is 0. The average molecular weight is 285 g/mol. The average Bonchev–Trinajstić information content (AvgIpc) is 1.92. The smallest absolute Gasteiger partial charge is 0 e. The summed E-state index contributed by atoms with van der Waals surface area (Å²) in [6.45, 7) is 0. The fourth-order valence-corrected chi connectivity index (χ4v) is 0. The van der Waals surface area contributed by atoms with Crippen LogP contribution in [0.5, 0.6) is 0 Å².